The molecule has 0 spiro atoms. The normalized spacial score (nSPS) is 21.6. The first kappa shape index (κ1) is 23.0. The highest BCUT2D eigenvalue weighted by Crippen LogP contribution is 2.35. The molecule has 1 aromatic heterocycles. The first-order valence-corrected chi connectivity index (χ1v) is 11.4. The number of aliphatic carboxylic acids is 2. The molecule has 1 aliphatic heterocycles. The summed E-state index contributed by atoms with van der Waals surface area (Å²) in [5.74, 6) is -2.70. The van der Waals surface area contributed by atoms with Crippen molar-refractivity contribution in [3.05, 3.63) is 58.3 Å². The number of hydrogen-bond donors (Lipinski definition) is 2. The summed E-state index contributed by atoms with van der Waals surface area (Å²) in [5.41, 5.74) is 1.51. The number of amides is 1. The van der Waals surface area contributed by atoms with Gasteiger partial charge in [-0.15, -0.1) is 11.3 Å². The Morgan fingerprint density at radius 2 is 1.42 bits per heavy atom. The summed E-state index contributed by atoms with van der Waals surface area (Å²) in [6, 6.07) is 15.6. The molecule has 1 saturated carbocycles. The number of carboxylic acids is 2. The van der Waals surface area contributed by atoms with Gasteiger partial charge in [0.1, 0.15) is 0 Å². The predicted octanol–water partition coefficient (Wildman–Crippen LogP) is 3.39. The van der Waals surface area contributed by atoms with Gasteiger partial charge in [0.05, 0.1) is 4.88 Å². The minimum Gasteiger partial charge on any atom is -0.473 e. The van der Waals surface area contributed by atoms with E-state index in [9.17, 15) is 4.79 Å². The van der Waals surface area contributed by atoms with Gasteiger partial charge in [0.25, 0.3) is 5.91 Å². The quantitative estimate of drug-likeness (QED) is 0.705. The van der Waals surface area contributed by atoms with Crippen LogP contribution < -0.4 is 0 Å². The smallest absolute Gasteiger partial charge is 0.414 e. The molecule has 0 bridgehead atoms. The van der Waals surface area contributed by atoms with Crippen molar-refractivity contribution >= 4 is 29.2 Å². The Bertz CT molecular complexity index is 843. The molecule has 166 valence electrons. The Labute approximate surface area is 185 Å². The number of carbonyl (C=O) groups is 3. The maximum absolute atomic E-state index is 12.5. The number of carboxylic acid groups (broad SMARTS) is 2. The van der Waals surface area contributed by atoms with E-state index in [-0.39, 0.29) is 5.91 Å². The fourth-order valence-electron chi connectivity index (χ4n) is 4.35. The van der Waals surface area contributed by atoms with Crippen molar-refractivity contribution < 1.29 is 24.6 Å². The van der Waals surface area contributed by atoms with Crippen LogP contribution in [0.25, 0.3) is 0 Å². The lowest BCUT2D eigenvalue weighted by atomic mass is 9.81. The Morgan fingerprint density at radius 1 is 0.806 bits per heavy atom. The molecule has 0 unspecified atom stereocenters. The van der Waals surface area contributed by atoms with Gasteiger partial charge in [-0.05, 0) is 48.6 Å². The molecule has 2 fully saturated rings. The van der Waals surface area contributed by atoms with Crippen LogP contribution in [0.1, 0.15) is 46.8 Å². The number of piperazine rings is 1. The van der Waals surface area contributed by atoms with E-state index >= 15 is 0 Å². The summed E-state index contributed by atoms with van der Waals surface area (Å²) >= 11 is 1.55. The van der Waals surface area contributed by atoms with Crippen LogP contribution in [-0.4, -0.2) is 70.1 Å². The molecule has 2 heterocycles. The predicted molar refractivity (Wildman–Crippen MR) is 119 cm³/mol. The molecule has 31 heavy (non-hydrogen) atoms. The second kappa shape index (κ2) is 11.1. The highest BCUT2D eigenvalue weighted by molar-refractivity contribution is 7.12. The minimum absolute atomic E-state index is 0.211. The zero-order chi connectivity index (χ0) is 22.2. The Morgan fingerprint density at radius 3 is 1.94 bits per heavy atom. The first-order chi connectivity index (χ1) is 15.0. The second-order valence-electron chi connectivity index (χ2n) is 7.83. The molecule has 0 atom stereocenters. The lowest BCUT2D eigenvalue weighted by Gasteiger charge is -2.42. The molecule has 7 nitrogen and oxygen atoms in total. The van der Waals surface area contributed by atoms with Crippen LogP contribution in [0.2, 0.25) is 0 Å². The highest BCUT2D eigenvalue weighted by Gasteiger charge is 2.30. The number of benzene rings is 1. The third-order valence-corrected chi connectivity index (χ3v) is 6.86. The van der Waals surface area contributed by atoms with E-state index in [2.05, 4.69) is 35.2 Å². The molecule has 1 saturated heterocycles. The van der Waals surface area contributed by atoms with Gasteiger partial charge in [-0.3, -0.25) is 9.69 Å². The van der Waals surface area contributed by atoms with Crippen LogP contribution >= 0.6 is 11.3 Å². The topological polar surface area (TPSA) is 98.1 Å². The van der Waals surface area contributed by atoms with E-state index < -0.39 is 11.9 Å². The van der Waals surface area contributed by atoms with E-state index in [1.54, 1.807) is 11.3 Å². The van der Waals surface area contributed by atoms with Crippen molar-refractivity contribution in [3.8, 4) is 0 Å². The van der Waals surface area contributed by atoms with Crippen molar-refractivity contribution in [3.63, 3.8) is 0 Å². The molecule has 0 radical (unpaired) electrons. The van der Waals surface area contributed by atoms with Crippen molar-refractivity contribution in [2.24, 2.45) is 0 Å². The molecule has 2 aliphatic rings. The highest BCUT2D eigenvalue weighted by atomic mass is 32.1. The van der Waals surface area contributed by atoms with Gasteiger partial charge in [-0.1, -0.05) is 36.4 Å². The Kier molecular flexibility index (Phi) is 8.20. The van der Waals surface area contributed by atoms with E-state index in [0.717, 1.165) is 37.0 Å². The standard InChI is InChI=1S/C21H26N2OS.C2H2O4/c24-21(20-7-4-16-25-20)23-14-12-22(13-15-23)19-10-8-18(9-11-19)17-5-2-1-3-6-17;3-1(4)2(5)6/h1-7,16,18-19H,8-15H2;(H,3,4)(H,5,6). The second-order valence-corrected chi connectivity index (χ2v) is 8.78. The fraction of sp³-hybridized carbons (Fsp3) is 0.435. The van der Waals surface area contributed by atoms with Crippen LogP contribution in [-0.2, 0) is 9.59 Å². The number of nitrogens with zero attached hydrogens (tertiary/aromatic N) is 2. The van der Waals surface area contributed by atoms with Gasteiger partial charge in [-0.25, -0.2) is 9.59 Å². The molecular weight excluding hydrogens is 416 g/mol. The maximum Gasteiger partial charge on any atom is 0.414 e. The zero-order valence-electron chi connectivity index (χ0n) is 17.4. The molecule has 1 aliphatic carbocycles. The summed E-state index contributed by atoms with van der Waals surface area (Å²) < 4.78 is 0. The van der Waals surface area contributed by atoms with Crippen LogP contribution in [0.3, 0.4) is 0 Å². The Balaban J connectivity index is 0.000000401. The number of carbonyl (C=O) groups excluding carboxylic acids is 1. The van der Waals surface area contributed by atoms with E-state index in [0.29, 0.717) is 6.04 Å². The van der Waals surface area contributed by atoms with Crippen molar-refractivity contribution in [2.75, 3.05) is 26.2 Å². The lowest BCUT2D eigenvalue weighted by molar-refractivity contribution is -0.159. The average molecular weight is 445 g/mol. The fourth-order valence-corrected chi connectivity index (χ4v) is 5.04. The summed E-state index contributed by atoms with van der Waals surface area (Å²) in [4.78, 5) is 36.2. The number of rotatable bonds is 3. The zero-order valence-corrected chi connectivity index (χ0v) is 18.2. The molecule has 8 heteroatoms. The SMILES string of the molecule is O=C(O)C(=O)O.O=C(c1cccs1)N1CCN(C2CCC(c3ccccc3)CC2)CC1. The van der Waals surface area contributed by atoms with Gasteiger partial charge in [0, 0.05) is 32.2 Å². The summed E-state index contributed by atoms with van der Waals surface area (Å²) in [6.07, 6.45) is 5.17. The van der Waals surface area contributed by atoms with Gasteiger partial charge in [-0.2, -0.15) is 0 Å². The largest absolute Gasteiger partial charge is 0.473 e. The van der Waals surface area contributed by atoms with Crippen LogP contribution in [0.4, 0.5) is 0 Å². The van der Waals surface area contributed by atoms with E-state index in [1.165, 1.54) is 31.2 Å². The Hall–Kier alpha value is -2.71. The van der Waals surface area contributed by atoms with Crippen molar-refractivity contribution in [2.45, 2.75) is 37.6 Å². The van der Waals surface area contributed by atoms with Gasteiger partial charge < -0.3 is 15.1 Å². The van der Waals surface area contributed by atoms with Crippen molar-refractivity contribution in [1.29, 1.82) is 0 Å². The number of hydrogen-bond acceptors (Lipinski definition) is 5. The van der Waals surface area contributed by atoms with Crippen LogP contribution in [0.15, 0.2) is 47.8 Å². The maximum atomic E-state index is 12.5. The number of thiophene rings is 1. The summed E-state index contributed by atoms with van der Waals surface area (Å²) in [5, 5.41) is 16.8. The molecule has 1 amide bonds. The van der Waals surface area contributed by atoms with Gasteiger partial charge in [0.15, 0.2) is 0 Å². The van der Waals surface area contributed by atoms with E-state index in [4.69, 9.17) is 19.8 Å². The summed E-state index contributed by atoms with van der Waals surface area (Å²) in [6.45, 7) is 3.79. The van der Waals surface area contributed by atoms with Crippen LogP contribution in [0, 0.1) is 0 Å². The first-order valence-electron chi connectivity index (χ1n) is 10.5. The molecule has 2 N–H and O–H groups in total. The average Bonchev–Trinajstić information content (AvgIpc) is 3.35. The van der Waals surface area contributed by atoms with Gasteiger partial charge >= 0.3 is 11.9 Å². The lowest BCUT2D eigenvalue weighted by Crippen LogP contribution is -2.52. The van der Waals surface area contributed by atoms with Gasteiger partial charge in [0.2, 0.25) is 0 Å². The third-order valence-electron chi connectivity index (χ3n) is 6.00. The van der Waals surface area contributed by atoms with Crippen LogP contribution in [0.5, 0.6) is 0 Å². The van der Waals surface area contributed by atoms with E-state index in [1.807, 2.05) is 22.4 Å². The monoisotopic (exact) mass is 444 g/mol. The summed E-state index contributed by atoms with van der Waals surface area (Å²) in [7, 11) is 0. The molecule has 1 aromatic carbocycles. The van der Waals surface area contributed by atoms with Crippen molar-refractivity contribution in [1.82, 2.24) is 9.80 Å². The molecule has 2 aromatic rings. The molecule has 4 rings (SSSR count). The molecular formula is C23H28N2O5S. The minimum atomic E-state index is -1.82. The third kappa shape index (κ3) is 6.38.